The maximum absolute atomic E-state index is 12.7. The Bertz CT molecular complexity index is 329. The van der Waals surface area contributed by atoms with E-state index in [0.717, 1.165) is 5.56 Å². The van der Waals surface area contributed by atoms with E-state index < -0.39 is 5.41 Å². The molecule has 1 aliphatic heterocycles. The van der Waals surface area contributed by atoms with Crippen molar-refractivity contribution in [2.24, 2.45) is 11.1 Å². The number of aliphatic hydroxyl groups is 1. The van der Waals surface area contributed by atoms with E-state index in [2.05, 4.69) is 0 Å². The van der Waals surface area contributed by atoms with Crippen molar-refractivity contribution in [1.29, 1.82) is 0 Å². The van der Waals surface area contributed by atoms with Crippen LogP contribution in [-0.4, -0.2) is 24.9 Å². The molecule has 1 aromatic carbocycles. The minimum atomic E-state index is -0.391. The van der Waals surface area contributed by atoms with Crippen LogP contribution in [0, 0.1) is 11.2 Å². The van der Waals surface area contributed by atoms with E-state index in [9.17, 15) is 9.50 Å². The van der Waals surface area contributed by atoms with Crippen LogP contribution >= 0.6 is 0 Å². The van der Waals surface area contributed by atoms with Crippen LogP contribution in [0.25, 0.3) is 0 Å². The molecule has 4 heteroatoms. The highest BCUT2D eigenvalue weighted by atomic mass is 19.1. The van der Waals surface area contributed by atoms with Crippen molar-refractivity contribution in [3.63, 3.8) is 0 Å². The van der Waals surface area contributed by atoms with Crippen LogP contribution < -0.4 is 5.73 Å². The third kappa shape index (κ3) is 1.76. The van der Waals surface area contributed by atoms with Gasteiger partial charge in [0.25, 0.3) is 0 Å². The van der Waals surface area contributed by atoms with Gasteiger partial charge < -0.3 is 15.6 Å². The maximum Gasteiger partial charge on any atom is 0.123 e. The molecule has 0 bridgehead atoms. The Morgan fingerprint density at radius 3 is 2.40 bits per heavy atom. The van der Waals surface area contributed by atoms with Gasteiger partial charge in [0.2, 0.25) is 0 Å². The number of benzene rings is 1. The number of ether oxygens (including phenoxy) is 1. The molecule has 2 rings (SSSR count). The molecular formula is C11H14FNO2. The zero-order valence-corrected chi connectivity index (χ0v) is 8.32. The van der Waals surface area contributed by atoms with Crippen molar-refractivity contribution < 1.29 is 14.2 Å². The van der Waals surface area contributed by atoms with Crippen molar-refractivity contribution in [2.75, 3.05) is 19.8 Å². The molecule has 3 N–H and O–H groups in total. The van der Waals surface area contributed by atoms with Gasteiger partial charge in [0.1, 0.15) is 5.82 Å². The molecule has 0 radical (unpaired) electrons. The average molecular weight is 211 g/mol. The molecule has 1 aromatic rings. The molecule has 0 saturated carbocycles. The Balaban J connectivity index is 2.19. The van der Waals surface area contributed by atoms with E-state index >= 15 is 0 Å². The molecular weight excluding hydrogens is 197 g/mol. The van der Waals surface area contributed by atoms with Gasteiger partial charge in [-0.3, -0.25) is 0 Å². The summed E-state index contributed by atoms with van der Waals surface area (Å²) in [5, 5.41) is 9.29. The fourth-order valence-corrected chi connectivity index (χ4v) is 1.76. The fourth-order valence-electron chi connectivity index (χ4n) is 1.76. The summed E-state index contributed by atoms with van der Waals surface area (Å²) in [5.41, 5.74) is 6.47. The zero-order valence-electron chi connectivity index (χ0n) is 8.32. The second-order valence-electron chi connectivity index (χ2n) is 4.04. The first kappa shape index (κ1) is 10.5. The molecule has 0 aliphatic carbocycles. The van der Waals surface area contributed by atoms with Gasteiger partial charge in [-0.15, -0.1) is 0 Å². The molecule has 1 atom stereocenters. The van der Waals surface area contributed by atoms with Crippen molar-refractivity contribution >= 4 is 0 Å². The standard InChI is InChI=1S/C11H14FNO2/c12-9-3-1-8(2-4-9)10(13)11(5-14)6-15-7-11/h1-4,10,14H,5-7,13H2. The molecule has 1 unspecified atom stereocenters. The van der Waals surface area contributed by atoms with Crippen LogP contribution in [0.4, 0.5) is 4.39 Å². The first-order valence-electron chi connectivity index (χ1n) is 4.88. The van der Waals surface area contributed by atoms with Crippen LogP contribution in [0.2, 0.25) is 0 Å². The number of nitrogens with two attached hydrogens (primary N) is 1. The topological polar surface area (TPSA) is 55.5 Å². The van der Waals surface area contributed by atoms with Gasteiger partial charge in [0.05, 0.1) is 25.2 Å². The Morgan fingerprint density at radius 2 is 2.00 bits per heavy atom. The lowest BCUT2D eigenvalue weighted by atomic mass is 9.76. The van der Waals surface area contributed by atoms with Crippen LogP contribution in [-0.2, 0) is 4.74 Å². The Hall–Kier alpha value is -0.970. The molecule has 1 fully saturated rings. The van der Waals surface area contributed by atoms with Crippen molar-refractivity contribution in [3.05, 3.63) is 35.6 Å². The molecule has 0 aromatic heterocycles. The molecule has 0 amide bonds. The number of hydrogen-bond donors (Lipinski definition) is 2. The van der Waals surface area contributed by atoms with E-state index in [4.69, 9.17) is 10.5 Å². The first-order valence-corrected chi connectivity index (χ1v) is 4.88. The Labute approximate surface area is 87.7 Å². The van der Waals surface area contributed by atoms with Gasteiger partial charge in [-0.05, 0) is 17.7 Å². The van der Waals surface area contributed by atoms with E-state index in [-0.39, 0.29) is 18.5 Å². The van der Waals surface area contributed by atoms with Gasteiger partial charge in [0, 0.05) is 6.04 Å². The van der Waals surface area contributed by atoms with Crippen LogP contribution in [0.1, 0.15) is 11.6 Å². The van der Waals surface area contributed by atoms with E-state index in [0.29, 0.717) is 13.2 Å². The van der Waals surface area contributed by atoms with Gasteiger partial charge in [-0.2, -0.15) is 0 Å². The summed E-state index contributed by atoms with van der Waals surface area (Å²) < 4.78 is 17.8. The van der Waals surface area contributed by atoms with Crippen LogP contribution in [0.3, 0.4) is 0 Å². The molecule has 0 spiro atoms. The first-order chi connectivity index (χ1) is 7.18. The quantitative estimate of drug-likeness (QED) is 0.778. The second-order valence-corrected chi connectivity index (χ2v) is 4.04. The fraction of sp³-hybridized carbons (Fsp3) is 0.455. The van der Waals surface area contributed by atoms with Gasteiger partial charge in [0.15, 0.2) is 0 Å². The second kappa shape index (κ2) is 3.89. The highest BCUT2D eigenvalue weighted by Gasteiger charge is 2.44. The lowest BCUT2D eigenvalue weighted by molar-refractivity contribution is -0.150. The lowest BCUT2D eigenvalue weighted by Gasteiger charge is -2.44. The molecule has 82 valence electrons. The minimum Gasteiger partial charge on any atom is -0.396 e. The summed E-state index contributed by atoms with van der Waals surface area (Å²) in [6.45, 7) is 0.912. The predicted molar refractivity (Wildman–Crippen MR) is 53.7 cm³/mol. The number of hydrogen-bond acceptors (Lipinski definition) is 3. The normalized spacial score (nSPS) is 20.7. The molecule has 1 saturated heterocycles. The number of aliphatic hydroxyl groups excluding tert-OH is 1. The molecule has 15 heavy (non-hydrogen) atoms. The summed E-state index contributed by atoms with van der Waals surface area (Å²) in [5.74, 6) is -0.283. The third-order valence-corrected chi connectivity index (χ3v) is 2.98. The Morgan fingerprint density at radius 1 is 1.40 bits per heavy atom. The van der Waals surface area contributed by atoms with Crippen molar-refractivity contribution in [1.82, 2.24) is 0 Å². The van der Waals surface area contributed by atoms with Crippen molar-refractivity contribution in [3.8, 4) is 0 Å². The van der Waals surface area contributed by atoms with Gasteiger partial charge in [-0.1, -0.05) is 12.1 Å². The average Bonchev–Trinajstić information content (AvgIpc) is 2.18. The molecule has 1 heterocycles. The number of halogens is 1. The number of rotatable bonds is 3. The predicted octanol–water partition coefficient (Wildman–Crippen LogP) is 0.834. The zero-order chi connectivity index (χ0) is 10.9. The monoisotopic (exact) mass is 211 g/mol. The van der Waals surface area contributed by atoms with Gasteiger partial charge >= 0.3 is 0 Å². The van der Waals surface area contributed by atoms with E-state index in [1.54, 1.807) is 12.1 Å². The lowest BCUT2D eigenvalue weighted by Crippen LogP contribution is -2.52. The van der Waals surface area contributed by atoms with Crippen LogP contribution in [0.5, 0.6) is 0 Å². The van der Waals surface area contributed by atoms with E-state index in [1.165, 1.54) is 12.1 Å². The highest BCUT2D eigenvalue weighted by Crippen LogP contribution is 2.38. The minimum absolute atomic E-state index is 0.00839. The summed E-state index contributed by atoms with van der Waals surface area (Å²) >= 11 is 0. The summed E-state index contributed by atoms with van der Waals surface area (Å²) in [4.78, 5) is 0. The SMILES string of the molecule is NC(c1ccc(F)cc1)C1(CO)COC1. The van der Waals surface area contributed by atoms with Gasteiger partial charge in [-0.25, -0.2) is 4.39 Å². The molecule has 1 aliphatic rings. The summed E-state index contributed by atoms with van der Waals surface area (Å²) in [7, 11) is 0. The van der Waals surface area contributed by atoms with E-state index in [1.807, 2.05) is 0 Å². The molecule has 3 nitrogen and oxygen atoms in total. The summed E-state index contributed by atoms with van der Waals surface area (Å²) in [6.07, 6.45) is 0. The third-order valence-electron chi connectivity index (χ3n) is 2.98. The van der Waals surface area contributed by atoms with Crippen molar-refractivity contribution in [2.45, 2.75) is 6.04 Å². The maximum atomic E-state index is 12.7. The summed E-state index contributed by atoms with van der Waals surface area (Å²) in [6, 6.07) is 5.74. The smallest absolute Gasteiger partial charge is 0.123 e. The largest absolute Gasteiger partial charge is 0.396 e. The van der Waals surface area contributed by atoms with Crippen LogP contribution in [0.15, 0.2) is 24.3 Å². The Kier molecular flexibility index (Phi) is 2.73. The highest BCUT2D eigenvalue weighted by molar-refractivity contribution is 5.23.